The van der Waals surface area contributed by atoms with E-state index in [2.05, 4.69) is 172 Å². The van der Waals surface area contributed by atoms with Crippen molar-refractivity contribution >= 4 is 83.8 Å². The minimum Gasteiger partial charge on any atom is -0.661 e. The third kappa shape index (κ3) is 7.80. The van der Waals surface area contributed by atoms with Gasteiger partial charge in [0.05, 0.1) is 8.07 Å². The molecule has 0 fully saturated rings. The number of thiophene rings is 1. The number of nitrogens with zero attached hydrogens (tertiary/aromatic N) is 3. The Balaban J connectivity index is 0.000000160. The van der Waals surface area contributed by atoms with Crippen molar-refractivity contribution in [3.05, 3.63) is 192 Å². The molecule has 0 N–H and O–H groups in total. The van der Waals surface area contributed by atoms with Gasteiger partial charge in [-0.2, -0.15) is 29.5 Å². The van der Waals surface area contributed by atoms with Crippen LogP contribution in [0, 0.1) is 18.1 Å². The molecule has 4 heterocycles. The number of pyridine rings is 1. The van der Waals surface area contributed by atoms with Gasteiger partial charge >= 0.3 is 20.1 Å². The van der Waals surface area contributed by atoms with E-state index >= 15 is 0 Å². The maximum atomic E-state index is 6.34. The van der Waals surface area contributed by atoms with Gasteiger partial charge in [-0.3, -0.25) is 0 Å². The fourth-order valence-corrected chi connectivity index (χ4v) is 11.5. The van der Waals surface area contributed by atoms with Crippen LogP contribution in [0.3, 0.4) is 0 Å². The SMILES string of the molecule is CC(C)Cc1cc(-c2[c-]ccc3c2sc2ccccc23)ncc1[Si](C)(C)C.[Ir+3].[c-]1ccc2c(oc3ccccc32)c1C1[N-]c2ccccc2N1c1ccc(-c2ccccc2)cc1. The first-order valence-electron chi connectivity index (χ1n) is 21.1. The second kappa shape index (κ2) is 17.1. The van der Waals surface area contributed by atoms with Crippen molar-refractivity contribution in [3.63, 3.8) is 0 Å². The molecule has 62 heavy (non-hydrogen) atoms. The third-order valence-electron chi connectivity index (χ3n) is 11.5. The number of anilines is 2. The Morgan fingerprint density at radius 3 is 2.19 bits per heavy atom. The molecule has 3 aromatic heterocycles. The van der Waals surface area contributed by atoms with Crippen LogP contribution in [0.25, 0.3) is 69.8 Å². The van der Waals surface area contributed by atoms with Crippen LogP contribution in [0.2, 0.25) is 19.6 Å². The van der Waals surface area contributed by atoms with Crippen molar-refractivity contribution in [3.8, 4) is 22.4 Å². The van der Waals surface area contributed by atoms with E-state index in [0.717, 1.165) is 62.2 Å². The predicted molar refractivity (Wildman–Crippen MR) is 262 cm³/mol. The first-order valence-corrected chi connectivity index (χ1v) is 25.4. The average Bonchev–Trinajstić information content (AvgIpc) is 3.98. The Kier molecular flexibility index (Phi) is 11.5. The first kappa shape index (κ1) is 41.5. The quantitative estimate of drug-likeness (QED) is 0.118. The number of para-hydroxylation sites is 3. The number of furan rings is 1. The molecule has 0 spiro atoms. The molecule has 1 aliphatic rings. The van der Waals surface area contributed by atoms with Crippen molar-refractivity contribution in [1.82, 2.24) is 4.98 Å². The van der Waals surface area contributed by atoms with E-state index in [4.69, 9.17) is 14.7 Å². The van der Waals surface area contributed by atoms with E-state index in [0.29, 0.717) is 5.92 Å². The minimum atomic E-state index is -1.42. The van der Waals surface area contributed by atoms with Crippen molar-refractivity contribution in [2.45, 2.75) is 46.1 Å². The topological polar surface area (TPSA) is 43.4 Å². The summed E-state index contributed by atoms with van der Waals surface area (Å²) in [5.74, 6) is 0.638. The van der Waals surface area contributed by atoms with E-state index < -0.39 is 8.07 Å². The standard InChI is InChI=1S/C31H20N2O.C24H26NSSi.Ir/c1-2-9-21(10-3-1)22-17-19-23(20-18-22)33-28-15-6-5-14-27(28)32-31(33)26-13-8-12-25-24-11-4-7-16-29(24)34-30(25)26;1-16(2)13-17-14-21(25-15-23(17)27(3,4)5)20-11-8-10-19-18-9-6-7-12-22(18)26-24(19)20;/h1-12,14-20,31H;6-10,12,14-16H,13H2,1-5H3;/q-2;-1;+3. The predicted octanol–water partition coefficient (Wildman–Crippen LogP) is 15.6. The fraction of sp³-hybridized carbons (Fsp3) is 0.145. The van der Waals surface area contributed by atoms with Gasteiger partial charge in [-0.05, 0) is 80.9 Å². The smallest absolute Gasteiger partial charge is 0.661 e. The number of hydrogen-bond acceptors (Lipinski definition) is 4. The summed E-state index contributed by atoms with van der Waals surface area (Å²) >= 11 is 1.85. The molecule has 1 aliphatic heterocycles. The molecule has 1 atom stereocenters. The van der Waals surface area contributed by atoms with Gasteiger partial charge in [-0.25, -0.2) is 0 Å². The first-order chi connectivity index (χ1) is 29.7. The van der Waals surface area contributed by atoms with Crippen LogP contribution >= 0.6 is 11.3 Å². The fourth-order valence-electron chi connectivity index (χ4n) is 8.72. The van der Waals surface area contributed by atoms with Crippen LogP contribution < -0.4 is 10.1 Å². The molecular weight excluding hydrogens is 971 g/mol. The zero-order valence-electron chi connectivity index (χ0n) is 35.4. The molecule has 0 aliphatic carbocycles. The Morgan fingerprint density at radius 1 is 0.726 bits per heavy atom. The second-order valence-electron chi connectivity index (χ2n) is 17.3. The second-order valence-corrected chi connectivity index (χ2v) is 23.4. The third-order valence-corrected chi connectivity index (χ3v) is 14.8. The van der Waals surface area contributed by atoms with Crippen molar-refractivity contribution in [1.29, 1.82) is 0 Å². The normalized spacial score (nSPS) is 13.6. The van der Waals surface area contributed by atoms with Gasteiger partial charge in [0.2, 0.25) is 0 Å². The van der Waals surface area contributed by atoms with Gasteiger partial charge < -0.3 is 19.6 Å². The Hall–Kier alpha value is -5.82. The molecule has 306 valence electrons. The molecule has 0 saturated heterocycles. The number of benzene rings is 7. The number of fused-ring (bicyclic) bond motifs is 7. The summed E-state index contributed by atoms with van der Waals surface area (Å²) in [7, 11) is -1.42. The van der Waals surface area contributed by atoms with Gasteiger partial charge in [0.15, 0.2) is 0 Å². The Morgan fingerprint density at radius 2 is 1.40 bits per heavy atom. The molecule has 0 amide bonds. The van der Waals surface area contributed by atoms with Gasteiger partial charge in [0.25, 0.3) is 0 Å². The van der Waals surface area contributed by atoms with E-state index in [9.17, 15) is 0 Å². The van der Waals surface area contributed by atoms with Gasteiger partial charge in [0, 0.05) is 33.2 Å². The van der Waals surface area contributed by atoms with Gasteiger partial charge in [-0.15, -0.1) is 35.0 Å². The maximum absolute atomic E-state index is 6.34. The van der Waals surface area contributed by atoms with E-state index in [1.165, 1.54) is 42.0 Å². The largest absolute Gasteiger partial charge is 3.00 e. The molecule has 4 nitrogen and oxygen atoms in total. The molecular formula is C55H46IrN3OSSi. The van der Waals surface area contributed by atoms with Gasteiger partial charge in [-0.1, -0.05) is 153 Å². The number of hydrogen-bond donors (Lipinski definition) is 0. The van der Waals surface area contributed by atoms with Crippen LogP contribution in [0.15, 0.2) is 168 Å². The molecule has 0 bridgehead atoms. The summed E-state index contributed by atoms with van der Waals surface area (Å²) in [5.41, 5.74) is 11.9. The molecule has 0 radical (unpaired) electrons. The minimum absolute atomic E-state index is 0. The van der Waals surface area contributed by atoms with Crippen molar-refractivity contribution < 1.29 is 24.5 Å². The van der Waals surface area contributed by atoms with Crippen molar-refractivity contribution in [2.24, 2.45) is 5.92 Å². The summed E-state index contributed by atoms with van der Waals surface area (Å²) in [6.45, 7) is 11.8. The number of rotatable bonds is 7. The molecule has 10 aromatic rings. The Bertz CT molecular complexity index is 3190. The molecule has 0 saturated carbocycles. The number of aromatic nitrogens is 1. The summed E-state index contributed by atoms with van der Waals surface area (Å²) in [4.78, 5) is 7.19. The van der Waals surface area contributed by atoms with Crippen LogP contribution in [0.5, 0.6) is 0 Å². The average molecular weight is 1020 g/mol. The van der Waals surface area contributed by atoms with Crippen LogP contribution in [0.1, 0.15) is 31.1 Å². The van der Waals surface area contributed by atoms with E-state index in [-0.39, 0.29) is 26.3 Å². The molecule has 11 rings (SSSR count). The zero-order valence-corrected chi connectivity index (χ0v) is 39.7. The van der Waals surface area contributed by atoms with Crippen LogP contribution in [-0.2, 0) is 26.5 Å². The van der Waals surface area contributed by atoms with Gasteiger partial charge in [0.1, 0.15) is 5.58 Å². The summed E-state index contributed by atoms with van der Waals surface area (Å²) in [6, 6.07) is 61.8. The summed E-state index contributed by atoms with van der Waals surface area (Å²) < 4.78 is 8.96. The Labute approximate surface area is 382 Å². The van der Waals surface area contributed by atoms with Crippen molar-refractivity contribution in [2.75, 3.05) is 4.90 Å². The van der Waals surface area contributed by atoms with Crippen LogP contribution in [0.4, 0.5) is 17.1 Å². The zero-order chi connectivity index (χ0) is 41.7. The molecule has 7 aromatic carbocycles. The van der Waals surface area contributed by atoms with E-state index in [1.54, 1.807) is 0 Å². The van der Waals surface area contributed by atoms with Crippen LogP contribution in [-0.4, -0.2) is 13.1 Å². The molecule has 1 unspecified atom stereocenters. The summed E-state index contributed by atoms with van der Waals surface area (Å²) in [5, 5.41) is 11.4. The monoisotopic (exact) mass is 1020 g/mol. The van der Waals surface area contributed by atoms with E-state index in [1.807, 2.05) is 53.8 Å². The summed E-state index contributed by atoms with van der Waals surface area (Å²) in [6.07, 6.45) is 3.00. The maximum Gasteiger partial charge on any atom is 3.00 e. The molecule has 7 heteroatoms.